The van der Waals surface area contributed by atoms with Gasteiger partial charge in [-0.3, -0.25) is 0 Å². The number of piperazine rings is 1. The van der Waals surface area contributed by atoms with Gasteiger partial charge in [-0.2, -0.15) is 5.26 Å². The molecule has 2 aliphatic heterocycles. The van der Waals surface area contributed by atoms with Crippen molar-refractivity contribution >= 4 is 17.4 Å². The Morgan fingerprint density at radius 2 is 2.26 bits per heavy atom. The molecule has 1 unspecified atom stereocenters. The van der Waals surface area contributed by atoms with Crippen LogP contribution in [0.25, 0.3) is 0 Å². The van der Waals surface area contributed by atoms with Gasteiger partial charge in [0.15, 0.2) is 0 Å². The Hall–Kier alpha value is -2.42. The van der Waals surface area contributed by atoms with Gasteiger partial charge in [-0.05, 0) is 18.2 Å². The second kappa shape index (κ2) is 4.35. The maximum atomic E-state index is 11.5. The number of nitriles is 1. The molecule has 6 heteroatoms. The molecule has 0 radical (unpaired) electrons. The number of anilines is 2. The van der Waals surface area contributed by atoms with Crippen LogP contribution in [0.15, 0.2) is 18.2 Å². The van der Waals surface area contributed by atoms with Gasteiger partial charge in [0, 0.05) is 31.9 Å². The van der Waals surface area contributed by atoms with Crippen LogP contribution in [0.1, 0.15) is 5.56 Å². The maximum Gasteiger partial charge on any atom is 0.317 e. The number of carbonyl (C=O) groups excluding carboxylic acids is 1. The summed E-state index contributed by atoms with van der Waals surface area (Å²) in [5.74, 6) is 0. The Bertz CT molecular complexity index is 565. The molecule has 2 aliphatic rings. The lowest BCUT2D eigenvalue weighted by Gasteiger charge is -2.38. The second-order valence-electron chi connectivity index (χ2n) is 4.87. The number of hydrogen-bond acceptors (Lipinski definition) is 4. The molecule has 98 valence electrons. The summed E-state index contributed by atoms with van der Waals surface area (Å²) in [6.07, 6.45) is 0. The third-order valence-electron chi connectivity index (χ3n) is 3.71. The van der Waals surface area contributed by atoms with E-state index in [1.807, 2.05) is 11.0 Å². The van der Waals surface area contributed by atoms with Gasteiger partial charge in [0.1, 0.15) is 6.07 Å². The molecule has 0 aromatic heterocycles. The van der Waals surface area contributed by atoms with Crippen molar-refractivity contribution in [3.05, 3.63) is 23.8 Å². The number of nitrogen functional groups attached to an aromatic ring is 1. The quantitative estimate of drug-likeness (QED) is 0.711. The van der Waals surface area contributed by atoms with E-state index in [9.17, 15) is 10.1 Å². The van der Waals surface area contributed by atoms with Crippen LogP contribution in [0.5, 0.6) is 0 Å². The molecule has 2 saturated heterocycles. The van der Waals surface area contributed by atoms with Gasteiger partial charge in [-0.15, -0.1) is 0 Å². The highest BCUT2D eigenvalue weighted by molar-refractivity contribution is 5.77. The molecule has 2 fully saturated rings. The minimum Gasteiger partial charge on any atom is -0.399 e. The van der Waals surface area contributed by atoms with Crippen LogP contribution in [0.3, 0.4) is 0 Å². The molecule has 3 N–H and O–H groups in total. The molecule has 3 rings (SSSR count). The van der Waals surface area contributed by atoms with E-state index >= 15 is 0 Å². The molecular formula is C13H15N5O. The molecule has 0 spiro atoms. The minimum absolute atomic E-state index is 0.0162. The Morgan fingerprint density at radius 3 is 3.05 bits per heavy atom. The number of fused-ring (bicyclic) bond motifs is 1. The smallest absolute Gasteiger partial charge is 0.317 e. The van der Waals surface area contributed by atoms with Crippen LogP contribution in [-0.2, 0) is 0 Å². The van der Waals surface area contributed by atoms with Crippen LogP contribution in [0.2, 0.25) is 0 Å². The van der Waals surface area contributed by atoms with E-state index in [1.165, 1.54) is 0 Å². The summed E-state index contributed by atoms with van der Waals surface area (Å²) in [5.41, 5.74) is 7.79. The van der Waals surface area contributed by atoms with Crippen molar-refractivity contribution in [1.29, 1.82) is 5.26 Å². The lowest BCUT2D eigenvalue weighted by molar-refractivity contribution is 0.197. The zero-order valence-electron chi connectivity index (χ0n) is 10.5. The first-order valence-electron chi connectivity index (χ1n) is 6.28. The third-order valence-corrected chi connectivity index (χ3v) is 3.71. The Labute approximate surface area is 111 Å². The average molecular weight is 257 g/mol. The molecule has 0 aliphatic carbocycles. The number of rotatable bonds is 1. The Balaban J connectivity index is 1.85. The van der Waals surface area contributed by atoms with Gasteiger partial charge < -0.3 is 20.9 Å². The first kappa shape index (κ1) is 11.7. The molecule has 6 nitrogen and oxygen atoms in total. The maximum absolute atomic E-state index is 11.5. The first-order valence-corrected chi connectivity index (χ1v) is 6.28. The topological polar surface area (TPSA) is 85.4 Å². The molecule has 2 heterocycles. The van der Waals surface area contributed by atoms with Crippen molar-refractivity contribution in [2.24, 2.45) is 0 Å². The van der Waals surface area contributed by atoms with Crippen LogP contribution in [0.4, 0.5) is 16.2 Å². The predicted molar refractivity (Wildman–Crippen MR) is 71.7 cm³/mol. The van der Waals surface area contributed by atoms with E-state index in [-0.39, 0.29) is 12.1 Å². The summed E-state index contributed by atoms with van der Waals surface area (Å²) in [6, 6.07) is 7.77. The molecule has 1 aromatic carbocycles. The number of urea groups is 1. The second-order valence-corrected chi connectivity index (χ2v) is 4.87. The summed E-state index contributed by atoms with van der Waals surface area (Å²) < 4.78 is 0. The normalized spacial score (nSPS) is 21.8. The number of hydrogen-bond donors (Lipinski definition) is 2. The van der Waals surface area contributed by atoms with Crippen molar-refractivity contribution in [2.75, 3.05) is 36.8 Å². The summed E-state index contributed by atoms with van der Waals surface area (Å²) in [6.45, 7) is 2.85. The minimum atomic E-state index is 0.0162. The van der Waals surface area contributed by atoms with E-state index in [0.717, 1.165) is 18.8 Å². The lowest BCUT2D eigenvalue weighted by Crippen LogP contribution is -2.52. The fourth-order valence-electron chi connectivity index (χ4n) is 2.74. The molecule has 0 bridgehead atoms. The van der Waals surface area contributed by atoms with Gasteiger partial charge in [-0.1, -0.05) is 0 Å². The number of nitrogens with zero attached hydrogens (tertiary/aromatic N) is 3. The first-order chi connectivity index (χ1) is 9.19. The van der Waals surface area contributed by atoms with E-state index in [2.05, 4.69) is 16.3 Å². The number of nitrogens with two attached hydrogens (primary N) is 1. The fourth-order valence-corrected chi connectivity index (χ4v) is 2.74. The van der Waals surface area contributed by atoms with Crippen molar-refractivity contribution in [1.82, 2.24) is 10.2 Å². The van der Waals surface area contributed by atoms with Crippen LogP contribution in [-0.4, -0.2) is 43.2 Å². The van der Waals surface area contributed by atoms with E-state index in [0.29, 0.717) is 24.3 Å². The zero-order valence-corrected chi connectivity index (χ0v) is 10.5. The zero-order chi connectivity index (χ0) is 13.4. The average Bonchev–Trinajstić information content (AvgIpc) is 2.79. The third kappa shape index (κ3) is 1.93. The summed E-state index contributed by atoms with van der Waals surface area (Å²) in [5, 5.41) is 12.0. The van der Waals surface area contributed by atoms with E-state index in [4.69, 9.17) is 5.73 Å². The molecule has 19 heavy (non-hydrogen) atoms. The lowest BCUT2D eigenvalue weighted by atomic mass is 10.1. The largest absolute Gasteiger partial charge is 0.399 e. The van der Waals surface area contributed by atoms with Gasteiger partial charge in [-0.25, -0.2) is 4.79 Å². The molecule has 1 aromatic rings. The predicted octanol–water partition coefficient (Wildman–Crippen LogP) is 0.354. The van der Waals surface area contributed by atoms with Crippen LogP contribution in [0, 0.1) is 11.3 Å². The monoisotopic (exact) mass is 257 g/mol. The summed E-state index contributed by atoms with van der Waals surface area (Å²) in [7, 11) is 0. The van der Waals surface area contributed by atoms with Crippen LogP contribution >= 0.6 is 0 Å². The summed E-state index contributed by atoms with van der Waals surface area (Å²) >= 11 is 0. The van der Waals surface area contributed by atoms with Crippen molar-refractivity contribution in [3.63, 3.8) is 0 Å². The van der Waals surface area contributed by atoms with Crippen molar-refractivity contribution in [2.45, 2.75) is 6.04 Å². The number of carbonyl (C=O) groups is 1. The number of nitrogens with one attached hydrogen (secondary N) is 1. The SMILES string of the molecule is N#Cc1cc(N)ccc1N1CCN2C(=O)NCC2C1. The van der Waals surface area contributed by atoms with Gasteiger partial charge in [0.05, 0.1) is 17.3 Å². The molecular weight excluding hydrogens is 242 g/mol. The highest BCUT2D eigenvalue weighted by Crippen LogP contribution is 2.26. The molecule has 2 amide bonds. The van der Waals surface area contributed by atoms with Crippen LogP contribution < -0.4 is 16.0 Å². The summed E-state index contributed by atoms with van der Waals surface area (Å²) in [4.78, 5) is 15.6. The van der Waals surface area contributed by atoms with Gasteiger partial charge in [0.2, 0.25) is 0 Å². The highest BCUT2D eigenvalue weighted by atomic mass is 16.2. The molecule has 0 saturated carbocycles. The van der Waals surface area contributed by atoms with Gasteiger partial charge in [0.25, 0.3) is 0 Å². The van der Waals surface area contributed by atoms with E-state index in [1.54, 1.807) is 12.1 Å². The molecule has 1 atom stereocenters. The fraction of sp³-hybridized carbons (Fsp3) is 0.385. The Kier molecular flexibility index (Phi) is 2.67. The number of amides is 2. The standard InChI is InChI=1S/C13H15N5O/c14-6-9-5-10(15)1-2-12(9)17-3-4-18-11(8-17)7-16-13(18)19/h1-2,5,11H,3-4,7-8,15H2,(H,16,19). The Morgan fingerprint density at radius 1 is 1.42 bits per heavy atom. The van der Waals surface area contributed by atoms with Gasteiger partial charge >= 0.3 is 6.03 Å². The number of benzene rings is 1. The van der Waals surface area contributed by atoms with E-state index < -0.39 is 0 Å². The van der Waals surface area contributed by atoms with Crippen molar-refractivity contribution in [3.8, 4) is 6.07 Å². The van der Waals surface area contributed by atoms with Crippen molar-refractivity contribution < 1.29 is 4.79 Å². The highest BCUT2D eigenvalue weighted by Gasteiger charge is 2.35.